The Morgan fingerprint density at radius 2 is 2.05 bits per heavy atom. The van der Waals surface area contributed by atoms with Gasteiger partial charge < -0.3 is 5.32 Å². The standard InChI is InChI=1S/C14H11ClN4/c1-9-4-5-11(10(15)7-9)18-13-8-17-12-3-2-6-16-14(12)19-13/h2-8H,1H3,(H,16,18,19). The fourth-order valence-corrected chi connectivity index (χ4v) is 2.05. The van der Waals surface area contributed by atoms with Gasteiger partial charge in [0.05, 0.1) is 16.9 Å². The molecule has 0 fully saturated rings. The van der Waals surface area contributed by atoms with Gasteiger partial charge >= 0.3 is 0 Å². The van der Waals surface area contributed by atoms with E-state index in [4.69, 9.17) is 11.6 Å². The van der Waals surface area contributed by atoms with Crippen LogP contribution in [-0.4, -0.2) is 15.0 Å². The zero-order chi connectivity index (χ0) is 13.2. The number of anilines is 2. The summed E-state index contributed by atoms with van der Waals surface area (Å²) in [4.78, 5) is 12.9. The Morgan fingerprint density at radius 1 is 1.16 bits per heavy atom. The molecule has 0 radical (unpaired) electrons. The van der Waals surface area contributed by atoms with E-state index in [-0.39, 0.29) is 0 Å². The van der Waals surface area contributed by atoms with Crippen LogP contribution in [0, 0.1) is 6.92 Å². The number of hydrogen-bond donors (Lipinski definition) is 1. The Balaban J connectivity index is 1.96. The van der Waals surface area contributed by atoms with Crippen molar-refractivity contribution in [2.45, 2.75) is 6.92 Å². The van der Waals surface area contributed by atoms with Gasteiger partial charge in [-0.05, 0) is 36.8 Å². The van der Waals surface area contributed by atoms with Gasteiger partial charge in [0.15, 0.2) is 11.5 Å². The molecule has 0 spiro atoms. The number of nitrogens with zero attached hydrogens (tertiary/aromatic N) is 3. The first-order chi connectivity index (χ1) is 9.22. The molecule has 0 amide bonds. The lowest BCUT2D eigenvalue weighted by atomic mass is 10.2. The Morgan fingerprint density at radius 3 is 2.89 bits per heavy atom. The molecule has 0 aliphatic rings. The average Bonchev–Trinajstić information content (AvgIpc) is 2.42. The number of aryl methyl sites for hydroxylation is 1. The normalized spacial score (nSPS) is 10.6. The van der Waals surface area contributed by atoms with E-state index in [0.717, 1.165) is 16.8 Å². The van der Waals surface area contributed by atoms with E-state index in [9.17, 15) is 0 Å². The molecule has 0 saturated carbocycles. The molecular weight excluding hydrogens is 260 g/mol. The number of nitrogens with one attached hydrogen (secondary N) is 1. The number of halogens is 1. The number of benzene rings is 1. The molecule has 2 heterocycles. The molecule has 1 N–H and O–H groups in total. The molecule has 0 bridgehead atoms. The van der Waals surface area contributed by atoms with Crippen LogP contribution in [-0.2, 0) is 0 Å². The Labute approximate surface area is 115 Å². The van der Waals surface area contributed by atoms with Crippen LogP contribution in [0.2, 0.25) is 5.02 Å². The summed E-state index contributed by atoms with van der Waals surface area (Å²) in [5.74, 6) is 0.622. The molecule has 5 heteroatoms. The topological polar surface area (TPSA) is 50.7 Å². The minimum Gasteiger partial charge on any atom is -0.338 e. The summed E-state index contributed by atoms with van der Waals surface area (Å²) in [7, 11) is 0. The van der Waals surface area contributed by atoms with Crippen molar-refractivity contribution in [1.29, 1.82) is 0 Å². The van der Waals surface area contributed by atoms with Gasteiger partial charge in [0.25, 0.3) is 0 Å². The second kappa shape index (κ2) is 4.82. The molecule has 94 valence electrons. The highest BCUT2D eigenvalue weighted by atomic mass is 35.5. The largest absolute Gasteiger partial charge is 0.338 e. The zero-order valence-corrected chi connectivity index (χ0v) is 11.0. The minimum absolute atomic E-state index is 0.607. The van der Waals surface area contributed by atoms with Crippen molar-refractivity contribution in [2.24, 2.45) is 0 Å². The van der Waals surface area contributed by atoms with E-state index in [1.165, 1.54) is 0 Å². The van der Waals surface area contributed by atoms with Gasteiger partial charge in [-0.15, -0.1) is 0 Å². The second-order valence-electron chi connectivity index (χ2n) is 4.21. The molecule has 3 rings (SSSR count). The molecule has 0 unspecified atom stereocenters. The fraction of sp³-hybridized carbons (Fsp3) is 0.0714. The van der Waals surface area contributed by atoms with Crippen LogP contribution >= 0.6 is 11.6 Å². The molecule has 4 nitrogen and oxygen atoms in total. The molecule has 0 aliphatic carbocycles. The van der Waals surface area contributed by atoms with Gasteiger partial charge in [-0.25, -0.2) is 15.0 Å². The van der Waals surface area contributed by atoms with Crippen molar-refractivity contribution in [3.63, 3.8) is 0 Å². The molecule has 3 aromatic rings. The van der Waals surface area contributed by atoms with E-state index < -0.39 is 0 Å². The average molecular weight is 271 g/mol. The van der Waals surface area contributed by atoms with Crippen molar-refractivity contribution in [1.82, 2.24) is 15.0 Å². The van der Waals surface area contributed by atoms with Crippen LogP contribution in [0.4, 0.5) is 11.5 Å². The van der Waals surface area contributed by atoms with Crippen LogP contribution in [0.25, 0.3) is 11.2 Å². The van der Waals surface area contributed by atoms with E-state index in [1.54, 1.807) is 12.4 Å². The van der Waals surface area contributed by atoms with Gasteiger partial charge in [-0.2, -0.15) is 0 Å². The molecule has 19 heavy (non-hydrogen) atoms. The van der Waals surface area contributed by atoms with Crippen LogP contribution in [0.15, 0.2) is 42.7 Å². The highest BCUT2D eigenvalue weighted by molar-refractivity contribution is 6.33. The van der Waals surface area contributed by atoms with Crippen molar-refractivity contribution < 1.29 is 0 Å². The Kier molecular flexibility index (Phi) is 3.01. The number of hydrogen-bond acceptors (Lipinski definition) is 4. The van der Waals surface area contributed by atoms with Crippen molar-refractivity contribution in [2.75, 3.05) is 5.32 Å². The van der Waals surface area contributed by atoms with Crippen molar-refractivity contribution >= 4 is 34.3 Å². The van der Waals surface area contributed by atoms with Crippen molar-refractivity contribution in [3.05, 3.63) is 53.3 Å². The maximum absolute atomic E-state index is 6.17. The van der Waals surface area contributed by atoms with Gasteiger partial charge in [0.1, 0.15) is 5.52 Å². The van der Waals surface area contributed by atoms with Crippen LogP contribution in [0.1, 0.15) is 5.56 Å². The molecular formula is C14H11ClN4. The summed E-state index contributed by atoms with van der Waals surface area (Å²) in [5.41, 5.74) is 3.29. The highest BCUT2D eigenvalue weighted by Gasteiger charge is 2.04. The smallest absolute Gasteiger partial charge is 0.180 e. The lowest BCUT2D eigenvalue weighted by Gasteiger charge is -2.08. The van der Waals surface area contributed by atoms with Crippen LogP contribution < -0.4 is 5.32 Å². The monoisotopic (exact) mass is 270 g/mol. The fourth-order valence-electron chi connectivity index (χ4n) is 1.77. The SMILES string of the molecule is Cc1ccc(Nc2cnc3cccnc3n2)c(Cl)c1. The maximum Gasteiger partial charge on any atom is 0.180 e. The van der Waals surface area contributed by atoms with Gasteiger partial charge in [-0.1, -0.05) is 17.7 Å². The predicted octanol–water partition coefficient (Wildman–Crippen LogP) is 3.73. The molecule has 1 aromatic carbocycles. The van der Waals surface area contributed by atoms with Gasteiger partial charge in [-0.3, -0.25) is 0 Å². The number of aromatic nitrogens is 3. The second-order valence-corrected chi connectivity index (χ2v) is 4.62. The third-order valence-electron chi connectivity index (χ3n) is 2.71. The molecule has 0 saturated heterocycles. The third kappa shape index (κ3) is 2.48. The Hall–Kier alpha value is -2.20. The molecule has 0 aliphatic heterocycles. The van der Waals surface area contributed by atoms with E-state index in [1.807, 2.05) is 37.3 Å². The summed E-state index contributed by atoms with van der Waals surface area (Å²) in [6.07, 6.45) is 3.36. The molecule has 2 aromatic heterocycles. The first-order valence-electron chi connectivity index (χ1n) is 5.83. The number of pyridine rings is 1. The Bertz CT molecular complexity index is 742. The summed E-state index contributed by atoms with van der Waals surface area (Å²) in [5, 5.41) is 3.80. The summed E-state index contributed by atoms with van der Waals surface area (Å²) in [6, 6.07) is 9.51. The van der Waals surface area contributed by atoms with Crippen molar-refractivity contribution in [3.8, 4) is 0 Å². The van der Waals surface area contributed by atoms with Crippen LogP contribution in [0.5, 0.6) is 0 Å². The first-order valence-corrected chi connectivity index (χ1v) is 6.21. The number of rotatable bonds is 2. The third-order valence-corrected chi connectivity index (χ3v) is 3.02. The highest BCUT2D eigenvalue weighted by Crippen LogP contribution is 2.25. The van der Waals surface area contributed by atoms with E-state index in [0.29, 0.717) is 16.5 Å². The lowest BCUT2D eigenvalue weighted by molar-refractivity contribution is 1.22. The summed E-state index contributed by atoms with van der Waals surface area (Å²) >= 11 is 6.17. The first kappa shape index (κ1) is 11.9. The summed E-state index contributed by atoms with van der Waals surface area (Å²) < 4.78 is 0. The number of fused-ring (bicyclic) bond motifs is 1. The molecule has 0 atom stereocenters. The van der Waals surface area contributed by atoms with E-state index >= 15 is 0 Å². The van der Waals surface area contributed by atoms with Gasteiger partial charge in [0.2, 0.25) is 0 Å². The minimum atomic E-state index is 0.607. The van der Waals surface area contributed by atoms with Gasteiger partial charge in [0, 0.05) is 6.20 Å². The lowest BCUT2D eigenvalue weighted by Crippen LogP contribution is -1.97. The van der Waals surface area contributed by atoms with Crippen LogP contribution in [0.3, 0.4) is 0 Å². The quantitative estimate of drug-likeness (QED) is 0.771. The summed E-state index contributed by atoms with van der Waals surface area (Å²) in [6.45, 7) is 2.00. The predicted molar refractivity (Wildman–Crippen MR) is 76.8 cm³/mol. The maximum atomic E-state index is 6.17. The van der Waals surface area contributed by atoms with E-state index in [2.05, 4.69) is 20.3 Å². The zero-order valence-electron chi connectivity index (χ0n) is 10.3.